The minimum atomic E-state index is -0.312. The quantitative estimate of drug-likeness (QED) is 0.365. The lowest BCUT2D eigenvalue weighted by Gasteiger charge is -2.17. The van der Waals surface area contributed by atoms with Crippen LogP contribution in [0.5, 0.6) is 11.5 Å². The van der Waals surface area contributed by atoms with Gasteiger partial charge in [0.2, 0.25) is 0 Å². The number of nitrogens with one attached hydrogen (secondary N) is 1. The van der Waals surface area contributed by atoms with Crippen molar-refractivity contribution in [1.82, 2.24) is 5.32 Å². The molecule has 0 saturated heterocycles. The van der Waals surface area contributed by atoms with Gasteiger partial charge in [-0.3, -0.25) is 4.79 Å². The van der Waals surface area contributed by atoms with Crippen molar-refractivity contribution in [3.05, 3.63) is 26.8 Å². The van der Waals surface area contributed by atoms with E-state index in [0.29, 0.717) is 11.5 Å². The minimum Gasteiger partial charge on any atom is -0.493 e. The lowest BCUT2D eigenvalue weighted by molar-refractivity contribution is -0.117. The molecule has 0 heterocycles. The fraction of sp³-hybridized carbons (Fsp3) is 0.500. The number of rotatable bonds is 7. The summed E-state index contributed by atoms with van der Waals surface area (Å²) < 4.78 is 12.3. The zero-order valence-electron chi connectivity index (χ0n) is 15.5. The summed E-state index contributed by atoms with van der Waals surface area (Å²) in [5, 5.41) is 12.3. The Hall–Kier alpha value is -1.75. The van der Waals surface area contributed by atoms with Crippen molar-refractivity contribution in [1.29, 1.82) is 5.26 Å². The second-order valence-corrected chi connectivity index (χ2v) is 7.66. The molecule has 6 heteroatoms. The van der Waals surface area contributed by atoms with Crippen molar-refractivity contribution in [3.8, 4) is 17.6 Å². The Morgan fingerprint density at radius 2 is 2.15 bits per heavy atom. The highest BCUT2D eigenvalue weighted by Crippen LogP contribution is 2.35. The fourth-order valence-electron chi connectivity index (χ4n) is 2.87. The van der Waals surface area contributed by atoms with Gasteiger partial charge < -0.3 is 14.8 Å². The molecule has 1 aromatic rings. The van der Waals surface area contributed by atoms with Gasteiger partial charge in [-0.2, -0.15) is 5.26 Å². The summed E-state index contributed by atoms with van der Waals surface area (Å²) in [7, 11) is 1.58. The van der Waals surface area contributed by atoms with E-state index in [1.165, 1.54) is 0 Å². The maximum atomic E-state index is 12.4. The number of nitrogens with zero attached hydrogens (tertiary/aromatic N) is 1. The largest absolute Gasteiger partial charge is 0.493 e. The van der Waals surface area contributed by atoms with Gasteiger partial charge in [-0.1, -0.05) is 19.8 Å². The number of carbonyl (C=O) groups is 1. The smallest absolute Gasteiger partial charge is 0.262 e. The van der Waals surface area contributed by atoms with Crippen LogP contribution >= 0.6 is 22.6 Å². The van der Waals surface area contributed by atoms with Gasteiger partial charge >= 0.3 is 0 Å². The van der Waals surface area contributed by atoms with E-state index in [9.17, 15) is 10.1 Å². The molecule has 2 rings (SSSR count). The lowest BCUT2D eigenvalue weighted by Crippen LogP contribution is -2.33. The van der Waals surface area contributed by atoms with E-state index in [1.807, 2.05) is 19.1 Å². The molecular formula is C20H25IN2O3. The van der Waals surface area contributed by atoms with Crippen LogP contribution in [0.15, 0.2) is 17.7 Å². The van der Waals surface area contributed by atoms with E-state index >= 15 is 0 Å². The van der Waals surface area contributed by atoms with Crippen LogP contribution in [-0.4, -0.2) is 25.2 Å². The number of benzene rings is 1. The third-order valence-corrected chi connectivity index (χ3v) is 5.31. The SMILES string of the molecule is CC[C@@H](C)Oc1c(I)cc(/C=C(/C#N)C(=O)NC2CCCC2)cc1OC. The summed E-state index contributed by atoms with van der Waals surface area (Å²) in [5.41, 5.74) is 0.839. The molecule has 1 atom stereocenters. The maximum absolute atomic E-state index is 12.4. The van der Waals surface area contributed by atoms with E-state index in [1.54, 1.807) is 19.3 Å². The highest BCUT2D eigenvalue weighted by atomic mass is 127. The number of carbonyl (C=O) groups excluding carboxylic acids is 1. The van der Waals surface area contributed by atoms with Gasteiger partial charge in [0, 0.05) is 6.04 Å². The molecule has 0 unspecified atom stereocenters. The first-order valence-electron chi connectivity index (χ1n) is 8.95. The monoisotopic (exact) mass is 468 g/mol. The van der Waals surface area contributed by atoms with Crippen LogP contribution in [-0.2, 0) is 4.79 Å². The molecule has 0 radical (unpaired) electrons. The molecule has 1 aromatic carbocycles. The number of amides is 1. The highest BCUT2D eigenvalue weighted by molar-refractivity contribution is 14.1. The summed E-state index contributed by atoms with van der Waals surface area (Å²) in [4.78, 5) is 12.4. The average molecular weight is 468 g/mol. The molecule has 1 saturated carbocycles. The number of hydrogen-bond donors (Lipinski definition) is 1. The third kappa shape index (κ3) is 5.37. The molecule has 1 amide bonds. The molecule has 5 nitrogen and oxygen atoms in total. The Morgan fingerprint density at radius 1 is 1.46 bits per heavy atom. The Labute approximate surface area is 168 Å². The summed E-state index contributed by atoms with van der Waals surface area (Å²) >= 11 is 2.18. The second-order valence-electron chi connectivity index (χ2n) is 6.50. The topological polar surface area (TPSA) is 71.3 Å². The van der Waals surface area contributed by atoms with Crippen LogP contribution in [0.1, 0.15) is 51.5 Å². The first-order chi connectivity index (χ1) is 12.5. The van der Waals surface area contributed by atoms with E-state index in [4.69, 9.17) is 9.47 Å². The Kier molecular flexibility index (Phi) is 7.76. The summed E-state index contributed by atoms with van der Waals surface area (Å²) in [6, 6.07) is 5.87. The van der Waals surface area contributed by atoms with Crippen molar-refractivity contribution in [2.45, 2.75) is 58.1 Å². The van der Waals surface area contributed by atoms with E-state index in [0.717, 1.165) is 41.2 Å². The van der Waals surface area contributed by atoms with Crippen LogP contribution in [0.2, 0.25) is 0 Å². The summed E-state index contributed by atoms with van der Waals surface area (Å²) in [5.74, 6) is 0.971. The fourth-order valence-corrected chi connectivity index (χ4v) is 3.62. The van der Waals surface area contributed by atoms with Gasteiger partial charge in [-0.15, -0.1) is 0 Å². The maximum Gasteiger partial charge on any atom is 0.262 e. The Bertz CT molecular complexity index is 719. The molecule has 1 N–H and O–H groups in total. The Balaban J connectivity index is 2.25. The molecule has 0 aliphatic heterocycles. The zero-order chi connectivity index (χ0) is 19.1. The number of ether oxygens (including phenoxy) is 2. The van der Waals surface area contributed by atoms with Crippen molar-refractivity contribution in [2.75, 3.05) is 7.11 Å². The molecule has 0 bridgehead atoms. The first-order valence-corrected chi connectivity index (χ1v) is 10.0. The first kappa shape index (κ1) is 20.6. The normalized spacial score (nSPS) is 16.0. The lowest BCUT2D eigenvalue weighted by atomic mass is 10.1. The second kappa shape index (κ2) is 9.81. The summed E-state index contributed by atoms with van der Waals surface area (Å²) in [6.45, 7) is 4.06. The van der Waals surface area contributed by atoms with Gasteiger partial charge in [0.25, 0.3) is 5.91 Å². The molecule has 1 aliphatic rings. The zero-order valence-corrected chi connectivity index (χ0v) is 17.6. The molecule has 0 spiro atoms. The number of methoxy groups -OCH3 is 1. The number of hydrogen-bond acceptors (Lipinski definition) is 4. The van der Waals surface area contributed by atoms with Crippen LogP contribution in [0.4, 0.5) is 0 Å². The van der Waals surface area contributed by atoms with Gasteiger partial charge in [-0.25, -0.2) is 0 Å². The van der Waals surface area contributed by atoms with Gasteiger partial charge in [0.15, 0.2) is 11.5 Å². The van der Waals surface area contributed by atoms with E-state index < -0.39 is 0 Å². The van der Waals surface area contributed by atoms with E-state index in [-0.39, 0.29) is 23.6 Å². The molecule has 0 aromatic heterocycles. The third-order valence-electron chi connectivity index (χ3n) is 4.51. The molecule has 26 heavy (non-hydrogen) atoms. The molecule has 1 fully saturated rings. The molecule has 1 aliphatic carbocycles. The van der Waals surface area contributed by atoms with Gasteiger partial charge in [0.05, 0.1) is 16.8 Å². The van der Waals surface area contributed by atoms with Crippen molar-refractivity contribution >= 4 is 34.6 Å². The summed E-state index contributed by atoms with van der Waals surface area (Å²) in [6.07, 6.45) is 6.79. The number of halogens is 1. The standard InChI is InChI=1S/C20H25IN2O3/c1-4-13(2)26-19-17(21)10-14(11-18(19)25-3)9-15(12-22)20(24)23-16-7-5-6-8-16/h9-11,13,16H,4-8H2,1-3H3,(H,23,24)/b15-9-/t13-/m1/s1. The van der Waals surface area contributed by atoms with Crippen LogP contribution < -0.4 is 14.8 Å². The molecule has 140 valence electrons. The van der Waals surface area contributed by atoms with Crippen molar-refractivity contribution < 1.29 is 14.3 Å². The Morgan fingerprint density at radius 3 is 2.73 bits per heavy atom. The predicted molar refractivity (Wildman–Crippen MR) is 110 cm³/mol. The van der Waals surface area contributed by atoms with Crippen LogP contribution in [0, 0.1) is 14.9 Å². The van der Waals surface area contributed by atoms with E-state index in [2.05, 4.69) is 34.8 Å². The highest BCUT2D eigenvalue weighted by Gasteiger charge is 2.20. The minimum absolute atomic E-state index is 0.0747. The van der Waals surface area contributed by atoms with Gasteiger partial charge in [-0.05, 0) is 72.5 Å². The number of nitriles is 1. The molecular weight excluding hydrogens is 443 g/mol. The van der Waals surface area contributed by atoms with Crippen LogP contribution in [0.25, 0.3) is 6.08 Å². The average Bonchev–Trinajstić information content (AvgIpc) is 3.14. The van der Waals surface area contributed by atoms with Crippen LogP contribution in [0.3, 0.4) is 0 Å². The predicted octanol–water partition coefficient (Wildman–Crippen LogP) is 4.44. The van der Waals surface area contributed by atoms with Gasteiger partial charge in [0.1, 0.15) is 11.6 Å². The van der Waals surface area contributed by atoms with Crippen molar-refractivity contribution in [2.24, 2.45) is 0 Å². The van der Waals surface area contributed by atoms with Crippen molar-refractivity contribution in [3.63, 3.8) is 0 Å².